The molecule has 0 saturated carbocycles. The molecule has 4 rings (SSSR count). The highest BCUT2D eigenvalue weighted by atomic mass is 79.9. The Bertz CT molecular complexity index is 1090. The van der Waals surface area contributed by atoms with Crippen LogP contribution in [0.15, 0.2) is 95.7 Å². The number of benzene rings is 3. The fraction of sp³-hybridized carbons (Fsp3) is 0.0435. The summed E-state index contributed by atoms with van der Waals surface area (Å²) in [5.41, 5.74) is 2.53. The molecule has 0 fully saturated rings. The molecule has 0 saturated heterocycles. The highest BCUT2D eigenvalue weighted by Crippen LogP contribution is 2.26. The largest absolute Gasteiger partial charge is 0.370 e. The van der Waals surface area contributed by atoms with Gasteiger partial charge in [-0.3, -0.25) is 9.78 Å². The first-order valence-corrected chi connectivity index (χ1v) is 9.71. The summed E-state index contributed by atoms with van der Waals surface area (Å²) in [6, 6.07) is 24.7. The molecule has 1 amide bonds. The minimum absolute atomic E-state index is 0.129. The van der Waals surface area contributed by atoms with Crippen molar-refractivity contribution in [3.8, 4) is 0 Å². The quantitative estimate of drug-likeness (QED) is 0.420. The van der Waals surface area contributed by atoms with Gasteiger partial charge in [-0.2, -0.15) is 0 Å². The molecule has 28 heavy (non-hydrogen) atoms. The molecular weight excluding hydrogens is 414 g/mol. The minimum atomic E-state index is -0.535. The topological polar surface area (TPSA) is 54.0 Å². The first kappa shape index (κ1) is 18.2. The Morgan fingerprint density at radius 3 is 2.46 bits per heavy atom. The van der Waals surface area contributed by atoms with Crippen molar-refractivity contribution in [2.24, 2.45) is 0 Å². The van der Waals surface area contributed by atoms with E-state index in [9.17, 15) is 4.79 Å². The van der Waals surface area contributed by atoms with E-state index in [0.29, 0.717) is 0 Å². The molecule has 0 radical (unpaired) electrons. The van der Waals surface area contributed by atoms with E-state index in [4.69, 9.17) is 0 Å². The molecule has 3 aromatic carbocycles. The molecule has 5 heteroatoms. The summed E-state index contributed by atoms with van der Waals surface area (Å²) in [5.74, 6) is -0.129. The smallest absolute Gasteiger partial charge is 0.251 e. The number of carbonyl (C=O) groups excluding carboxylic acids is 1. The van der Waals surface area contributed by atoms with Crippen LogP contribution in [0.25, 0.3) is 10.8 Å². The van der Waals surface area contributed by atoms with Gasteiger partial charge in [-0.15, -0.1) is 0 Å². The third-order valence-electron chi connectivity index (χ3n) is 4.49. The molecule has 0 aliphatic carbocycles. The number of nitrogens with zero attached hydrogens (tertiary/aromatic N) is 1. The van der Waals surface area contributed by atoms with Gasteiger partial charge in [-0.1, -0.05) is 58.4 Å². The van der Waals surface area contributed by atoms with Crippen molar-refractivity contribution in [1.82, 2.24) is 4.98 Å². The van der Waals surface area contributed by atoms with E-state index in [0.717, 1.165) is 32.2 Å². The van der Waals surface area contributed by atoms with Crippen molar-refractivity contribution in [1.29, 1.82) is 0 Å². The van der Waals surface area contributed by atoms with Crippen molar-refractivity contribution in [2.45, 2.75) is 6.04 Å². The van der Waals surface area contributed by atoms with Crippen LogP contribution >= 0.6 is 15.9 Å². The number of para-hydroxylation sites is 1. The summed E-state index contributed by atoms with van der Waals surface area (Å²) in [6.45, 7) is 0. The van der Waals surface area contributed by atoms with Crippen LogP contribution in [0.5, 0.6) is 0 Å². The standard InChI is InChI=1S/C23H18BrN3O/c24-18-11-9-16(10-12-18)22(26-19-6-2-1-3-7-19)23(28)27-21-8-4-5-17-15-25-14-13-20(17)21/h1-15,22,26H,(H,27,28)/t22-/m1/s1. The van der Waals surface area contributed by atoms with Crippen LogP contribution in [0, 0.1) is 0 Å². The maximum Gasteiger partial charge on any atom is 0.251 e. The fourth-order valence-electron chi connectivity index (χ4n) is 3.09. The molecule has 0 aliphatic heterocycles. The number of pyridine rings is 1. The third-order valence-corrected chi connectivity index (χ3v) is 5.02. The number of aromatic nitrogens is 1. The van der Waals surface area contributed by atoms with E-state index in [1.165, 1.54) is 0 Å². The molecule has 2 N–H and O–H groups in total. The summed E-state index contributed by atoms with van der Waals surface area (Å²) >= 11 is 3.45. The Kier molecular flexibility index (Phi) is 5.35. The second-order valence-electron chi connectivity index (χ2n) is 6.39. The van der Waals surface area contributed by atoms with E-state index >= 15 is 0 Å². The van der Waals surface area contributed by atoms with Crippen LogP contribution in [0.4, 0.5) is 11.4 Å². The molecule has 0 spiro atoms. The number of hydrogen-bond donors (Lipinski definition) is 2. The van der Waals surface area contributed by atoms with Gasteiger partial charge in [0.1, 0.15) is 6.04 Å². The highest BCUT2D eigenvalue weighted by molar-refractivity contribution is 9.10. The van der Waals surface area contributed by atoms with Gasteiger partial charge in [0.2, 0.25) is 0 Å². The Balaban J connectivity index is 1.67. The summed E-state index contributed by atoms with van der Waals surface area (Å²) in [5, 5.41) is 8.36. The highest BCUT2D eigenvalue weighted by Gasteiger charge is 2.21. The van der Waals surface area contributed by atoms with Crippen molar-refractivity contribution in [3.63, 3.8) is 0 Å². The maximum atomic E-state index is 13.2. The Labute approximate surface area is 171 Å². The van der Waals surface area contributed by atoms with Crippen LogP contribution in [0.2, 0.25) is 0 Å². The Hall–Kier alpha value is -3.18. The van der Waals surface area contributed by atoms with Crippen LogP contribution in [0.1, 0.15) is 11.6 Å². The van der Waals surface area contributed by atoms with Crippen LogP contribution in [0.3, 0.4) is 0 Å². The van der Waals surface area contributed by atoms with Crippen molar-refractivity contribution < 1.29 is 4.79 Å². The second kappa shape index (κ2) is 8.23. The average molecular weight is 432 g/mol. The van der Waals surface area contributed by atoms with E-state index in [-0.39, 0.29) is 5.91 Å². The summed E-state index contributed by atoms with van der Waals surface area (Å²) in [6.07, 6.45) is 3.52. The van der Waals surface area contributed by atoms with Gasteiger partial charge in [0.25, 0.3) is 5.91 Å². The average Bonchev–Trinajstić information content (AvgIpc) is 2.74. The van der Waals surface area contributed by atoms with E-state index in [1.807, 2.05) is 78.9 Å². The van der Waals surface area contributed by atoms with Gasteiger partial charge in [0, 0.05) is 39.0 Å². The van der Waals surface area contributed by atoms with Crippen LogP contribution < -0.4 is 10.6 Å². The molecule has 4 nitrogen and oxygen atoms in total. The maximum absolute atomic E-state index is 13.2. The van der Waals surface area contributed by atoms with E-state index in [1.54, 1.807) is 12.4 Å². The lowest BCUT2D eigenvalue weighted by molar-refractivity contribution is -0.117. The molecular formula is C23H18BrN3O. The minimum Gasteiger partial charge on any atom is -0.370 e. The molecule has 138 valence electrons. The molecule has 0 unspecified atom stereocenters. The second-order valence-corrected chi connectivity index (χ2v) is 7.30. The van der Waals surface area contributed by atoms with Crippen molar-refractivity contribution in [3.05, 3.63) is 101 Å². The van der Waals surface area contributed by atoms with Gasteiger partial charge in [-0.25, -0.2) is 0 Å². The normalized spacial score (nSPS) is 11.8. The van der Waals surface area contributed by atoms with Crippen molar-refractivity contribution in [2.75, 3.05) is 10.6 Å². The predicted molar refractivity (Wildman–Crippen MR) is 117 cm³/mol. The van der Waals surface area contributed by atoms with Crippen molar-refractivity contribution >= 4 is 44.0 Å². The molecule has 4 aromatic rings. The lowest BCUT2D eigenvalue weighted by Gasteiger charge is -2.21. The number of carbonyl (C=O) groups is 1. The van der Waals surface area contributed by atoms with E-state index < -0.39 is 6.04 Å². The Morgan fingerprint density at radius 2 is 1.68 bits per heavy atom. The van der Waals surface area contributed by atoms with Crippen LogP contribution in [-0.2, 0) is 4.79 Å². The van der Waals surface area contributed by atoms with Gasteiger partial charge >= 0.3 is 0 Å². The zero-order chi connectivity index (χ0) is 19.3. The zero-order valence-electron chi connectivity index (χ0n) is 15.0. The number of halogens is 1. The summed E-state index contributed by atoms with van der Waals surface area (Å²) in [7, 11) is 0. The van der Waals surface area contributed by atoms with E-state index in [2.05, 4.69) is 31.5 Å². The van der Waals surface area contributed by atoms with Gasteiger partial charge < -0.3 is 10.6 Å². The SMILES string of the molecule is O=C(Nc1cccc2cnccc12)[C@H](Nc1ccccc1)c1ccc(Br)cc1. The number of amides is 1. The molecule has 1 heterocycles. The molecule has 0 aliphatic rings. The predicted octanol–water partition coefficient (Wildman–Crippen LogP) is 5.79. The number of rotatable bonds is 5. The van der Waals surface area contributed by atoms with Gasteiger partial charge in [-0.05, 0) is 42.0 Å². The molecule has 1 atom stereocenters. The number of hydrogen-bond acceptors (Lipinski definition) is 3. The lowest BCUT2D eigenvalue weighted by atomic mass is 10.0. The third kappa shape index (κ3) is 4.05. The first-order chi connectivity index (χ1) is 13.7. The fourth-order valence-corrected chi connectivity index (χ4v) is 3.36. The molecule has 1 aromatic heterocycles. The summed E-state index contributed by atoms with van der Waals surface area (Å²) < 4.78 is 0.969. The monoisotopic (exact) mass is 431 g/mol. The van der Waals surface area contributed by atoms with Gasteiger partial charge in [0.15, 0.2) is 0 Å². The number of nitrogens with one attached hydrogen (secondary N) is 2. The Morgan fingerprint density at radius 1 is 0.893 bits per heavy atom. The van der Waals surface area contributed by atoms with Gasteiger partial charge in [0.05, 0.1) is 0 Å². The van der Waals surface area contributed by atoms with Crippen LogP contribution in [-0.4, -0.2) is 10.9 Å². The summed E-state index contributed by atoms with van der Waals surface area (Å²) in [4.78, 5) is 17.4. The zero-order valence-corrected chi connectivity index (χ0v) is 16.6. The lowest BCUT2D eigenvalue weighted by Crippen LogP contribution is -2.27. The number of fused-ring (bicyclic) bond motifs is 1. The first-order valence-electron chi connectivity index (χ1n) is 8.91. The molecule has 0 bridgehead atoms. The number of anilines is 2.